The lowest BCUT2D eigenvalue weighted by Crippen LogP contribution is -2.30. The molecule has 0 heterocycles. The first-order valence-corrected chi connectivity index (χ1v) is 36.5. The monoisotopic (exact) mass is 1230 g/mol. The molecule has 0 aromatic carbocycles. The van der Waals surface area contributed by atoms with Gasteiger partial charge in [0.1, 0.15) is 19.3 Å². The number of aliphatic hydroxyl groups excluding tert-OH is 1. The fourth-order valence-corrected chi connectivity index (χ4v) is 11.1. The number of unbranched alkanes of at least 4 members (excludes halogenated alkanes) is 33. The van der Waals surface area contributed by atoms with Crippen molar-refractivity contribution in [3.8, 4) is 0 Å². The lowest BCUT2D eigenvalue weighted by atomic mass is 10.0. The van der Waals surface area contributed by atoms with Crippen molar-refractivity contribution in [3.05, 3.63) is 0 Å². The summed E-state index contributed by atoms with van der Waals surface area (Å²) in [7, 11) is -9.88. The number of hydrogen-bond acceptors (Lipinski definition) is 15. The Bertz CT molecular complexity index is 1630. The van der Waals surface area contributed by atoms with Gasteiger partial charge in [-0.25, -0.2) is 9.13 Å². The molecular formula is C64H124O17P2. The fraction of sp³-hybridized carbons (Fsp3) is 0.938. The SMILES string of the molecule is CCCCCCCCCCCCCCC(=O)OC[C@H](COP(=O)(O)OC[C@@H](O)COP(=O)(O)OC[C@@H](COC(=O)CCCCCCCCC(C)C)OC(=O)CCCCCCCCCCCC)OC(=O)CCCCCCCCCCCC(C)C. The summed E-state index contributed by atoms with van der Waals surface area (Å²) < 4.78 is 68.0. The maximum atomic E-state index is 13.0. The molecule has 17 nitrogen and oxygen atoms in total. The molecule has 0 fully saturated rings. The predicted molar refractivity (Wildman–Crippen MR) is 331 cm³/mol. The molecule has 0 saturated heterocycles. The van der Waals surface area contributed by atoms with Crippen LogP contribution in [0.3, 0.4) is 0 Å². The topological polar surface area (TPSA) is 237 Å². The Balaban J connectivity index is 5.24. The molecule has 19 heteroatoms. The van der Waals surface area contributed by atoms with E-state index in [1.807, 2.05) is 0 Å². The minimum absolute atomic E-state index is 0.105. The molecule has 3 N–H and O–H groups in total. The van der Waals surface area contributed by atoms with Crippen LogP contribution in [0.4, 0.5) is 0 Å². The third-order valence-electron chi connectivity index (χ3n) is 14.7. The van der Waals surface area contributed by atoms with Crippen LogP contribution >= 0.6 is 15.6 Å². The van der Waals surface area contributed by atoms with E-state index in [-0.39, 0.29) is 25.7 Å². The third kappa shape index (κ3) is 58.8. The predicted octanol–water partition coefficient (Wildman–Crippen LogP) is 17.7. The molecule has 492 valence electrons. The van der Waals surface area contributed by atoms with Gasteiger partial charge >= 0.3 is 39.5 Å². The van der Waals surface area contributed by atoms with Crippen LogP contribution in [0.1, 0.15) is 318 Å². The Morgan fingerprint density at radius 2 is 0.554 bits per heavy atom. The van der Waals surface area contributed by atoms with Gasteiger partial charge in [0.25, 0.3) is 0 Å². The van der Waals surface area contributed by atoms with E-state index in [4.69, 9.17) is 37.0 Å². The minimum atomic E-state index is -4.94. The van der Waals surface area contributed by atoms with Crippen LogP contribution in [0, 0.1) is 11.8 Å². The van der Waals surface area contributed by atoms with Gasteiger partial charge in [0.05, 0.1) is 26.4 Å². The standard InChI is InChI=1S/C64H124O17P2/c1-7-9-11-13-15-17-19-20-24-27-34-40-46-61(66)74-52-59(80-64(69)49-43-37-29-25-21-22-26-32-38-44-56(3)4)54-78-82(70,71)76-50-58(65)51-77-83(72,73)79-55-60(53-75-62(67)47-41-35-31-30-33-39-45-57(5)6)81-63(68)48-42-36-28-23-18-16-14-12-10-8-2/h56-60,65H,7-55H2,1-6H3,(H,70,71)(H,72,73)/t58-,59-,60-/m1/s1. The van der Waals surface area contributed by atoms with E-state index in [9.17, 15) is 43.2 Å². The first kappa shape index (κ1) is 81.1. The van der Waals surface area contributed by atoms with Gasteiger partial charge in [0.2, 0.25) is 0 Å². The molecule has 0 aliphatic heterocycles. The molecule has 0 bridgehead atoms. The fourth-order valence-electron chi connectivity index (χ4n) is 9.53. The van der Waals surface area contributed by atoms with Crippen LogP contribution in [-0.2, 0) is 65.4 Å². The lowest BCUT2D eigenvalue weighted by Gasteiger charge is -2.21. The summed E-state index contributed by atoms with van der Waals surface area (Å²) in [6.07, 6.45) is 39.0. The zero-order chi connectivity index (χ0) is 61.5. The van der Waals surface area contributed by atoms with Gasteiger partial charge < -0.3 is 33.8 Å². The van der Waals surface area contributed by atoms with Gasteiger partial charge in [0.15, 0.2) is 12.2 Å². The summed E-state index contributed by atoms with van der Waals surface area (Å²) in [5.74, 6) is -0.718. The molecule has 0 aliphatic carbocycles. The second kappa shape index (κ2) is 56.6. The van der Waals surface area contributed by atoms with E-state index in [2.05, 4.69) is 41.5 Å². The van der Waals surface area contributed by atoms with Crippen LogP contribution in [0.25, 0.3) is 0 Å². The van der Waals surface area contributed by atoms with Crippen LogP contribution < -0.4 is 0 Å². The van der Waals surface area contributed by atoms with Crippen molar-refractivity contribution < 1.29 is 80.2 Å². The smallest absolute Gasteiger partial charge is 0.462 e. The molecular weight excluding hydrogens is 1100 g/mol. The normalized spacial score (nSPS) is 14.3. The average Bonchev–Trinajstić information content (AvgIpc) is 3.44. The van der Waals surface area contributed by atoms with E-state index in [1.165, 1.54) is 128 Å². The number of esters is 4. The van der Waals surface area contributed by atoms with Gasteiger partial charge in [-0.1, -0.05) is 266 Å². The quantitative estimate of drug-likeness (QED) is 0.0222. The van der Waals surface area contributed by atoms with Crippen LogP contribution in [0.15, 0.2) is 0 Å². The highest BCUT2D eigenvalue weighted by atomic mass is 31.2. The molecule has 0 aliphatic rings. The minimum Gasteiger partial charge on any atom is -0.462 e. The number of hydrogen-bond donors (Lipinski definition) is 3. The molecule has 0 aromatic rings. The second-order valence-electron chi connectivity index (χ2n) is 24.1. The van der Waals surface area contributed by atoms with Crippen molar-refractivity contribution in [2.75, 3.05) is 39.6 Å². The summed E-state index contributed by atoms with van der Waals surface area (Å²) in [4.78, 5) is 72.2. The Morgan fingerprint density at radius 1 is 0.325 bits per heavy atom. The zero-order valence-electron chi connectivity index (χ0n) is 53.5. The molecule has 0 spiro atoms. The summed E-state index contributed by atoms with van der Waals surface area (Å²) in [6, 6.07) is 0. The van der Waals surface area contributed by atoms with Gasteiger partial charge in [-0.05, 0) is 37.5 Å². The van der Waals surface area contributed by atoms with E-state index >= 15 is 0 Å². The summed E-state index contributed by atoms with van der Waals surface area (Å²) in [5, 5.41) is 10.5. The number of carbonyl (C=O) groups is 4. The number of rotatable bonds is 63. The highest BCUT2D eigenvalue weighted by Gasteiger charge is 2.30. The Morgan fingerprint density at radius 3 is 0.819 bits per heavy atom. The second-order valence-corrected chi connectivity index (χ2v) is 27.0. The average molecular weight is 1230 g/mol. The summed E-state index contributed by atoms with van der Waals surface area (Å²) >= 11 is 0. The van der Waals surface area contributed by atoms with Gasteiger partial charge in [-0.3, -0.25) is 37.3 Å². The molecule has 0 radical (unpaired) electrons. The van der Waals surface area contributed by atoms with E-state index in [1.54, 1.807) is 0 Å². The number of carbonyl (C=O) groups excluding carboxylic acids is 4. The Labute approximate surface area is 505 Å². The van der Waals surface area contributed by atoms with Gasteiger partial charge in [0, 0.05) is 25.7 Å². The van der Waals surface area contributed by atoms with Crippen molar-refractivity contribution >= 4 is 39.5 Å². The van der Waals surface area contributed by atoms with Crippen molar-refractivity contribution in [3.63, 3.8) is 0 Å². The van der Waals surface area contributed by atoms with Crippen molar-refractivity contribution in [2.24, 2.45) is 11.8 Å². The van der Waals surface area contributed by atoms with E-state index in [0.717, 1.165) is 102 Å². The maximum Gasteiger partial charge on any atom is 0.472 e. The van der Waals surface area contributed by atoms with Crippen LogP contribution in [-0.4, -0.2) is 96.7 Å². The first-order valence-electron chi connectivity index (χ1n) is 33.5. The molecule has 0 aromatic heterocycles. The summed E-state index contributed by atoms with van der Waals surface area (Å²) in [6.45, 7) is 9.38. The number of phosphoric acid groups is 2. The van der Waals surface area contributed by atoms with Crippen molar-refractivity contribution in [2.45, 2.75) is 336 Å². The zero-order valence-corrected chi connectivity index (χ0v) is 55.3. The van der Waals surface area contributed by atoms with Crippen molar-refractivity contribution in [1.82, 2.24) is 0 Å². The molecule has 2 unspecified atom stereocenters. The largest absolute Gasteiger partial charge is 0.472 e. The molecule has 0 rings (SSSR count). The number of ether oxygens (including phenoxy) is 4. The van der Waals surface area contributed by atoms with E-state index < -0.39 is 97.5 Å². The van der Waals surface area contributed by atoms with Gasteiger partial charge in [-0.2, -0.15) is 0 Å². The Hall–Kier alpha value is -1.94. The lowest BCUT2D eigenvalue weighted by molar-refractivity contribution is -0.161. The molecule has 0 saturated carbocycles. The van der Waals surface area contributed by atoms with Gasteiger partial charge in [-0.15, -0.1) is 0 Å². The Kier molecular flexibility index (Phi) is 55.2. The molecule has 0 amide bonds. The van der Waals surface area contributed by atoms with E-state index in [0.29, 0.717) is 31.6 Å². The number of aliphatic hydroxyl groups is 1. The van der Waals surface area contributed by atoms with Crippen molar-refractivity contribution in [1.29, 1.82) is 0 Å². The van der Waals surface area contributed by atoms with Crippen LogP contribution in [0.2, 0.25) is 0 Å². The molecule has 5 atom stereocenters. The number of phosphoric ester groups is 2. The summed E-state index contributed by atoms with van der Waals surface area (Å²) in [5.41, 5.74) is 0. The first-order chi connectivity index (χ1) is 39.9. The third-order valence-corrected chi connectivity index (χ3v) is 16.6. The highest BCUT2D eigenvalue weighted by molar-refractivity contribution is 7.47. The van der Waals surface area contributed by atoms with Crippen LogP contribution in [0.5, 0.6) is 0 Å². The molecule has 83 heavy (non-hydrogen) atoms. The highest BCUT2D eigenvalue weighted by Crippen LogP contribution is 2.45. The maximum absolute atomic E-state index is 13.0.